The molecule has 2 saturated heterocycles. The fraction of sp³-hybridized carbons (Fsp3) is 0.615. The van der Waals surface area contributed by atoms with Crippen LogP contribution < -0.4 is 15.4 Å². The topological polar surface area (TPSA) is 87.3 Å². The summed E-state index contributed by atoms with van der Waals surface area (Å²) in [4.78, 5) is 12.8. The molecule has 3 rings (SSSR count). The van der Waals surface area contributed by atoms with Crippen LogP contribution in [0.1, 0.15) is 35.4 Å². The molecule has 0 spiro atoms. The van der Waals surface area contributed by atoms with Crippen LogP contribution in [0.25, 0.3) is 0 Å². The van der Waals surface area contributed by atoms with E-state index in [2.05, 4.69) is 15.4 Å². The first-order valence-electron chi connectivity index (χ1n) is 7.07. The number of rotatable bonds is 4. The molecule has 3 N–H and O–H groups in total. The Morgan fingerprint density at radius 3 is 2.55 bits per heavy atom. The molecule has 0 saturated carbocycles. The Balaban J connectivity index is 0.00000176. The molecule has 3 heterocycles. The maximum atomic E-state index is 12.2. The second-order valence-electron chi connectivity index (χ2n) is 5.63. The van der Waals surface area contributed by atoms with Crippen molar-refractivity contribution in [3.63, 3.8) is 0 Å². The van der Waals surface area contributed by atoms with E-state index in [1.807, 2.05) is 0 Å². The van der Waals surface area contributed by atoms with Gasteiger partial charge in [-0.1, -0.05) is 0 Å². The van der Waals surface area contributed by atoms with Gasteiger partial charge in [0.25, 0.3) is 5.91 Å². The summed E-state index contributed by atoms with van der Waals surface area (Å²) in [6, 6.07) is 2.64. The average Bonchev–Trinajstić information content (AvgIpc) is 3.06. The first kappa shape index (κ1) is 17.7. The van der Waals surface area contributed by atoms with Crippen molar-refractivity contribution in [2.24, 2.45) is 0 Å². The quantitative estimate of drug-likeness (QED) is 0.745. The van der Waals surface area contributed by atoms with Crippen LogP contribution in [0.5, 0.6) is 0 Å². The van der Waals surface area contributed by atoms with E-state index in [-0.39, 0.29) is 29.3 Å². The molecule has 2 aliphatic rings. The van der Waals surface area contributed by atoms with Crippen LogP contribution in [0.2, 0.25) is 0 Å². The minimum absolute atomic E-state index is 0. The molecule has 0 radical (unpaired) electrons. The lowest BCUT2D eigenvalue weighted by atomic mass is 10.00. The van der Waals surface area contributed by atoms with Gasteiger partial charge in [0, 0.05) is 23.5 Å². The lowest BCUT2D eigenvalue weighted by molar-refractivity contribution is 0.0928. The molecule has 2 aliphatic heterocycles. The molecular formula is C13H20ClN3O3S2. The summed E-state index contributed by atoms with van der Waals surface area (Å²) in [5.74, 6) is -0.177. The Bertz CT molecular complexity index is 635. The van der Waals surface area contributed by atoms with E-state index in [1.54, 1.807) is 0 Å². The first-order chi connectivity index (χ1) is 9.98. The van der Waals surface area contributed by atoms with Crippen LogP contribution in [0, 0.1) is 0 Å². The Morgan fingerprint density at radius 2 is 1.95 bits per heavy atom. The lowest BCUT2D eigenvalue weighted by Crippen LogP contribution is -2.47. The monoisotopic (exact) mass is 365 g/mol. The Morgan fingerprint density at radius 1 is 1.32 bits per heavy atom. The number of halogens is 1. The Kier molecular flexibility index (Phi) is 5.50. The zero-order chi connectivity index (χ0) is 15.0. The van der Waals surface area contributed by atoms with E-state index in [0.29, 0.717) is 17.0 Å². The fourth-order valence-corrected chi connectivity index (χ4v) is 5.03. The number of carbonyl (C=O) groups is 1. The summed E-state index contributed by atoms with van der Waals surface area (Å²) in [6.45, 7) is 0. The van der Waals surface area contributed by atoms with Gasteiger partial charge in [0.05, 0.1) is 9.77 Å². The van der Waals surface area contributed by atoms with Crippen molar-refractivity contribution < 1.29 is 13.2 Å². The highest BCUT2D eigenvalue weighted by atomic mass is 35.5. The smallest absolute Gasteiger partial charge is 0.261 e. The first-order valence-corrected chi connectivity index (χ1v) is 9.43. The van der Waals surface area contributed by atoms with E-state index in [4.69, 9.17) is 0 Å². The third-order valence-corrected chi connectivity index (χ3v) is 6.66. The summed E-state index contributed by atoms with van der Waals surface area (Å²) in [6.07, 6.45) is 4.27. The van der Waals surface area contributed by atoms with E-state index in [9.17, 15) is 13.2 Å². The van der Waals surface area contributed by atoms with Crippen LogP contribution in [0.4, 0.5) is 0 Å². The molecule has 2 bridgehead atoms. The minimum atomic E-state index is -3.48. The molecule has 0 aliphatic carbocycles. The number of hydrogen-bond acceptors (Lipinski definition) is 5. The van der Waals surface area contributed by atoms with Gasteiger partial charge in [0.1, 0.15) is 0 Å². The van der Waals surface area contributed by atoms with Crippen LogP contribution in [-0.2, 0) is 10.0 Å². The number of carbonyl (C=O) groups excluding carboxylic acids is 1. The van der Waals surface area contributed by atoms with E-state index in [0.717, 1.165) is 24.2 Å². The van der Waals surface area contributed by atoms with E-state index in [1.165, 1.54) is 31.3 Å². The van der Waals surface area contributed by atoms with Crippen molar-refractivity contribution in [3.8, 4) is 0 Å². The van der Waals surface area contributed by atoms with Gasteiger partial charge in [0.2, 0.25) is 10.0 Å². The van der Waals surface area contributed by atoms with Crippen molar-refractivity contribution in [1.29, 1.82) is 0 Å². The van der Waals surface area contributed by atoms with E-state index < -0.39 is 10.0 Å². The number of sulfonamides is 1. The van der Waals surface area contributed by atoms with Gasteiger partial charge in [-0.3, -0.25) is 4.79 Å². The normalized spacial score (nSPS) is 27.2. The SMILES string of the molecule is CNS(=O)(=O)c1csc(C(=O)NC2CC3CCC(C2)N3)c1.Cl. The third-order valence-electron chi connectivity index (χ3n) is 4.19. The van der Waals surface area contributed by atoms with Crippen molar-refractivity contribution in [3.05, 3.63) is 16.3 Å². The molecule has 2 fully saturated rings. The number of nitrogens with one attached hydrogen (secondary N) is 3. The highest BCUT2D eigenvalue weighted by Gasteiger charge is 2.34. The summed E-state index contributed by atoms with van der Waals surface area (Å²) in [5.41, 5.74) is 0. The zero-order valence-electron chi connectivity index (χ0n) is 12.2. The second kappa shape index (κ2) is 6.84. The second-order valence-corrected chi connectivity index (χ2v) is 8.43. The maximum absolute atomic E-state index is 12.2. The van der Waals surface area contributed by atoms with Gasteiger partial charge in [-0.2, -0.15) is 0 Å². The molecule has 22 heavy (non-hydrogen) atoms. The standard InChI is InChI=1S/C13H19N3O3S2.ClH/c1-14-21(18,19)11-6-12(20-7-11)13(17)16-10-4-8-2-3-9(5-10)15-8;/h6-10,14-15H,2-5H2,1H3,(H,16,17);1H. The highest BCUT2D eigenvalue weighted by Crippen LogP contribution is 2.27. The van der Waals surface area contributed by atoms with Gasteiger partial charge in [-0.05, 0) is 38.8 Å². The summed E-state index contributed by atoms with van der Waals surface area (Å²) < 4.78 is 25.6. The third kappa shape index (κ3) is 3.62. The molecule has 0 aromatic carbocycles. The average molecular weight is 366 g/mol. The predicted molar refractivity (Wildman–Crippen MR) is 88.2 cm³/mol. The largest absolute Gasteiger partial charge is 0.348 e. The van der Waals surface area contributed by atoms with Gasteiger partial charge in [-0.25, -0.2) is 13.1 Å². The molecule has 6 nitrogen and oxygen atoms in total. The summed E-state index contributed by atoms with van der Waals surface area (Å²) in [7, 11) is -2.12. The number of hydrogen-bond donors (Lipinski definition) is 3. The Hall–Kier alpha value is -0.670. The van der Waals surface area contributed by atoms with Crippen LogP contribution in [0.3, 0.4) is 0 Å². The fourth-order valence-electron chi connectivity index (χ4n) is 3.13. The van der Waals surface area contributed by atoms with Crippen LogP contribution >= 0.6 is 23.7 Å². The van der Waals surface area contributed by atoms with Crippen molar-refractivity contribution in [1.82, 2.24) is 15.4 Å². The molecule has 9 heteroatoms. The van der Waals surface area contributed by atoms with Gasteiger partial charge >= 0.3 is 0 Å². The summed E-state index contributed by atoms with van der Waals surface area (Å²) in [5, 5.41) is 8.06. The number of fused-ring (bicyclic) bond motifs is 2. The number of amides is 1. The number of piperidine rings is 1. The Labute approximate surface area is 140 Å². The van der Waals surface area contributed by atoms with Gasteiger partial charge in [0.15, 0.2) is 0 Å². The minimum Gasteiger partial charge on any atom is -0.348 e. The van der Waals surface area contributed by atoms with Gasteiger partial charge in [-0.15, -0.1) is 23.7 Å². The number of thiophene rings is 1. The molecule has 2 unspecified atom stereocenters. The molecule has 2 atom stereocenters. The lowest BCUT2D eigenvalue weighted by Gasteiger charge is -2.29. The molecule has 1 aromatic rings. The zero-order valence-corrected chi connectivity index (χ0v) is 14.6. The molecule has 1 aromatic heterocycles. The van der Waals surface area contributed by atoms with Crippen molar-refractivity contribution in [2.75, 3.05) is 7.05 Å². The van der Waals surface area contributed by atoms with Crippen molar-refractivity contribution in [2.45, 2.75) is 48.7 Å². The molecular weight excluding hydrogens is 346 g/mol. The highest BCUT2D eigenvalue weighted by molar-refractivity contribution is 7.89. The van der Waals surface area contributed by atoms with E-state index >= 15 is 0 Å². The van der Waals surface area contributed by atoms with Crippen LogP contribution in [-0.4, -0.2) is 39.5 Å². The van der Waals surface area contributed by atoms with Crippen molar-refractivity contribution >= 4 is 39.7 Å². The molecule has 124 valence electrons. The molecule has 1 amide bonds. The van der Waals surface area contributed by atoms with Crippen LogP contribution in [0.15, 0.2) is 16.3 Å². The van der Waals surface area contributed by atoms with Gasteiger partial charge < -0.3 is 10.6 Å². The maximum Gasteiger partial charge on any atom is 0.261 e. The predicted octanol–water partition coefficient (Wildman–Crippen LogP) is 1.09. The summed E-state index contributed by atoms with van der Waals surface area (Å²) >= 11 is 1.16.